The van der Waals surface area contributed by atoms with E-state index >= 15 is 0 Å². The summed E-state index contributed by atoms with van der Waals surface area (Å²) >= 11 is 8.66. The summed E-state index contributed by atoms with van der Waals surface area (Å²) in [4.78, 5) is 17.0. The molecule has 1 aliphatic heterocycles. The molecule has 24 heavy (non-hydrogen) atoms. The van der Waals surface area contributed by atoms with E-state index in [4.69, 9.17) is 16.4 Å². The first-order valence-corrected chi connectivity index (χ1v) is 9.34. The molecular formula is C16H14ClNO4S2. The zero-order valence-corrected chi connectivity index (χ0v) is 14.7. The number of nitrogens with one attached hydrogen (secondary N) is 1. The van der Waals surface area contributed by atoms with E-state index in [0.29, 0.717) is 21.4 Å². The molecular weight excluding hydrogens is 370 g/mol. The maximum Gasteiger partial charge on any atom is 0.334 e. The van der Waals surface area contributed by atoms with Crippen LogP contribution in [-0.2, 0) is 16.2 Å². The predicted octanol–water partition coefficient (Wildman–Crippen LogP) is 3.96. The number of rotatable bonds is 6. The minimum Gasteiger partial charge on any atom is -0.507 e. The fourth-order valence-corrected chi connectivity index (χ4v) is 4.40. The number of thiophene rings is 1. The second-order valence-electron chi connectivity index (χ2n) is 5.14. The second-order valence-corrected chi connectivity index (χ2v) is 7.35. The first kappa shape index (κ1) is 17.2. The Morgan fingerprint density at radius 2 is 2.08 bits per heavy atom. The highest BCUT2D eigenvalue weighted by Crippen LogP contribution is 2.41. The molecule has 1 unspecified atom stereocenters. The lowest BCUT2D eigenvalue weighted by Gasteiger charge is -2.12. The third kappa shape index (κ3) is 3.70. The molecule has 8 heteroatoms. The van der Waals surface area contributed by atoms with Crippen molar-refractivity contribution in [3.05, 3.63) is 61.8 Å². The molecule has 2 aromatic rings. The van der Waals surface area contributed by atoms with Gasteiger partial charge in [0.2, 0.25) is 0 Å². The van der Waals surface area contributed by atoms with Crippen molar-refractivity contribution in [1.29, 1.82) is 0 Å². The Hall–Kier alpha value is -1.67. The summed E-state index contributed by atoms with van der Waals surface area (Å²) in [5.74, 6) is -0.430. The number of hydroxylamine groups is 1. The summed E-state index contributed by atoms with van der Waals surface area (Å²) in [6.07, 6.45) is 0. The van der Waals surface area contributed by atoms with Crippen molar-refractivity contribution in [1.82, 2.24) is 5.48 Å². The van der Waals surface area contributed by atoms with Crippen LogP contribution in [0.2, 0.25) is 5.02 Å². The zero-order chi connectivity index (χ0) is 17.1. The first-order valence-electron chi connectivity index (χ1n) is 7.04. The molecule has 0 amide bonds. The molecule has 0 saturated heterocycles. The normalized spacial score (nSPS) is 17.3. The summed E-state index contributed by atoms with van der Waals surface area (Å²) in [6.45, 7) is 0.151. The molecule has 1 aliphatic rings. The van der Waals surface area contributed by atoms with Gasteiger partial charge >= 0.3 is 5.97 Å². The molecule has 1 aromatic heterocycles. The van der Waals surface area contributed by atoms with Crippen LogP contribution in [0.3, 0.4) is 0 Å². The average molecular weight is 384 g/mol. The van der Waals surface area contributed by atoms with Gasteiger partial charge in [0.1, 0.15) is 17.4 Å². The van der Waals surface area contributed by atoms with E-state index in [0.717, 1.165) is 5.56 Å². The molecule has 1 aromatic carbocycles. The highest BCUT2D eigenvalue weighted by molar-refractivity contribution is 8.03. The predicted molar refractivity (Wildman–Crippen MR) is 95.2 cm³/mol. The Morgan fingerprint density at radius 1 is 1.33 bits per heavy atom. The van der Waals surface area contributed by atoms with E-state index in [1.54, 1.807) is 22.9 Å². The Bertz CT molecular complexity index is 773. The first-order chi connectivity index (χ1) is 11.6. The summed E-state index contributed by atoms with van der Waals surface area (Å²) in [5, 5.41) is 23.6. The lowest BCUT2D eigenvalue weighted by Crippen LogP contribution is -2.17. The fourth-order valence-electron chi connectivity index (χ4n) is 2.38. The fraction of sp³-hybridized carbons (Fsp3) is 0.188. The second kappa shape index (κ2) is 7.48. The lowest BCUT2D eigenvalue weighted by atomic mass is 9.93. The lowest BCUT2D eigenvalue weighted by molar-refractivity contribution is -0.133. The summed E-state index contributed by atoms with van der Waals surface area (Å²) in [5.41, 5.74) is 4.55. The molecule has 0 spiro atoms. The molecule has 5 nitrogen and oxygen atoms in total. The van der Waals surface area contributed by atoms with Crippen molar-refractivity contribution in [2.24, 2.45) is 0 Å². The van der Waals surface area contributed by atoms with Crippen LogP contribution in [0.1, 0.15) is 17.0 Å². The third-order valence-electron chi connectivity index (χ3n) is 3.60. The van der Waals surface area contributed by atoms with Crippen LogP contribution in [0, 0.1) is 0 Å². The van der Waals surface area contributed by atoms with Crippen molar-refractivity contribution in [3.63, 3.8) is 0 Å². The average Bonchev–Trinajstić information content (AvgIpc) is 3.15. The number of carbonyl (C=O) groups is 1. The Morgan fingerprint density at radius 3 is 2.71 bits per heavy atom. The topological polar surface area (TPSA) is 78.8 Å². The van der Waals surface area contributed by atoms with Crippen molar-refractivity contribution >= 4 is 40.7 Å². The van der Waals surface area contributed by atoms with Crippen molar-refractivity contribution < 1.29 is 19.8 Å². The standard InChI is InChI=1S/C16H14ClNO4S2/c17-11-3-1-9(2-4-11)12-7-24-15(14(12)16(20)21)18-22-5-10-6-23-8-13(10)19/h1-4,6,8,12,18-19H,5,7H2,(H,20,21). The van der Waals surface area contributed by atoms with Crippen LogP contribution < -0.4 is 5.48 Å². The van der Waals surface area contributed by atoms with Crippen LogP contribution in [0.4, 0.5) is 0 Å². The van der Waals surface area contributed by atoms with Gasteiger partial charge in [0, 0.05) is 33.0 Å². The molecule has 0 radical (unpaired) electrons. The molecule has 0 bridgehead atoms. The number of aliphatic carboxylic acids is 1. The number of hydrogen-bond acceptors (Lipinski definition) is 6. The molecule has 1 atom stereocenters. The molecule has 3 N–H and O–H groups in total. The van der Waals surface area contributed by atoms with Crippen LogP contribution in [0.5, 0.6) is 5.75 Å². The molecule has 126 valence electrons. The van der Waals surface area contributed by atoms with Gasteiger partial charge in [-0.15, -0.1) is 23.1 Å². The number of carboxylic acids is 1. The van der Waals surface area contributed by atoms with E-state index in [1.165, 1.54) is 23.1 Å². The Balaban J connectivity index is 1.73. The zero-order valence-electron chi connectivity index (χ0n) is 12.4. The maximum atomic E-state index is 11.7. The van der Waals surface area contributed by atoms with Crippen LogP contribution >= 0.6 is 34.7 Å². The van der Waals surface area contributed by atoms with Gasteiger partial charge < -0.3 is 10.2 Å². The van der Waals surface area contributed by atoms with Gasteiger partial charge in [0.15, 0.2) is 0 Å². The highest BCUT2D eigenvalue weighted by Gasteiger charge is 2.32. The minimum absolute atomic E-state index is 0.151. The number of halogens is 1. The summed E-state index contributed by atoms with van der Waals surface area (Å²) < 4.78 is 0. The minimum atomic E-state index is -0.982. The molecule has 3 rings (SSSR count). The van der Waals surface area contributed by atoms with Gasteiger partial charge in [-0.2, -0.15) is 0 Å². The van der Waals surface area contributed by atoms with Gasteiger partial charge in [-0.1, -0.05) is 23.7 Å². The third-order valence-corrected chi connectivity index (χ3v) is 5.73. The van der Waals surface area contributed by atoms with E-state index in [2.05, 4.69) is 5.48 Å². The van der Waals surface area contributed by atoms with E-state index in [-0.39, 0.29) is 23.8 Å². The van der Waals surface area contributed by atoms with E-state index in [9.17, 15) is 15.0 Å². The van der Waals surface area contributed by atoms with Gasteiger partial charge in [0.05, 0.1) is 5.57 Å². The SMILES string of the molecule is O=C(O)C1=C(NOCc2cscc2O)SCC1c1ccc(Cl)cc1. The van der Waals surface area contributed by atoms with E-state index in [1.807, 2.05) is 12.1 Å². The summed E-state index contributed by atoms with van der Waals surface area (Å²) in [6, 6.07) is 7.18. The maximum absolute atomic E-state index is 11.7. The van der Waals surface area contributed by atoms with Gasteiger partial charge in [-0.3, -0.25) is 10.3 Å². The number of hydrogen-bond donors (Lipinski definition) is 3. The van der Waals surface area contributed by atoms with Crippen LogP contribution in [0.15, 0.2) is 45.6 Å². The smallest absolute Gasteiger partial charge is 0.334 e. The largest absolute Gasteiger partial charge is 0.507 e. The van der Waals surface area contributed by atoms with Crippen molar-refractivity contribution in [3.8, 4) is 5.75 Å². The van der Waals surface area contributed by atoms with Gasteiger partial charge in [0.25, 0.3) is 0 Å². The molecule has 2 heterocycles. The number of benzene rings is 1. The summed E-state index contributed by atoms with van der Waals surface area (Å²) in [7, 11) is 0. The number of thioether (sulfide) groups is 1. The van der Waals surface area contributed by atoms with E-state index < -0.39 is 5.97 Å². The number of aromatic hydroxyl groups is 1. The van der Waals surface area contributed by atoms with Crippen molar-refractivity contribution in [2.45, 2.75) is 12.5 Å². The Kier molecular flexibility index (Phi) is 5.35. The van der Waals surface area contributed by atoms with Crippen molar-refractivity contribution in [2.75, 3.05) is 5.75 Å². The monoisotopic (exact) mass is 383 g/mol. The molecule has 0 aliphatic carbocycles. The quantitative estimate of drug-likeness (QED) is 0.655. The number of carboxylic acid groups (broad SMARTS) is 1. The van der Waals surface area contributed by atoms with Gasteiger partial charge in [-0.05, 0) is 17.7 Å². The van der Waals surface area contributed by atoms with Gasteiger partial charge in [-0.25, -0.2) is 4.79 Å². The molecule has 0 fully saturated rings. The molecule has 0 saturated carbocycles. The van der Waals surface area contributed by atoms with Crippen LogP contribution in [-0.4, -0.2) is 21.9 Å². The Labute approximate surface area is 151 Å². The van der Waals surface area contributed by atoms with Crippen LogP contribution in [0.25, 0.3) is 0 Å². The highest BCUT2D eigenvalue weighted by atomic mass is 35.5.